The van der Waals surface area contributed by atoms with Crippen molar-refractivity contribution in [2.75, 3.05) is 68.4 Å². The molecule has 6 aromatic rings. The molecule has 0 spiro atoms. The van der Waals surface area contributed by atoms with Crippen molar-refractivity contribution in [2.45, 2.75) is 44.8 Å². The number of nitrogens with one attached hydrogen (secondary N) is 1. The Morgan fingerprint density at radius 1 is 0.862 bits per heavy atom. The van der Waals surface area contributed by atoms with Crippen molar-refractivity contribution in [1.29, 1.82) is 0 Å². The zero-order valence-corrected chi connectivity index (χ0v) is 32.9. The molecule has 3 saturated heterocycles. The maximum atomic E-state index is 13.0. The average Bonchev–Trinajstić information content (AvgIpc) is 3.57. The number of piperidine rings is 2. The molecule has 13 nitrogen and oxygen atoms in total. The van der Waals surface area contributed by atoms with Crippen LogP contribution >= 0.6 is 0 Å². The van der Waals surface area contributed by atoms with Gasteiger partial charge >= 0.3 is 0 Å². The predicted molar refractivity (Wildman–Crippen MR) is 227 cm³/mol. The van der Waals surface area contributed by atoms with Gasteiger partial charge in [-0.1, -0.05) is 36.4 Å². The molecule has 6 heterocycles. The van der Waals surface area contributed by atoms with Gasteiger partial charge in [-0.25, -0.2) is 4.98 Å². The first kappa shape index (κ1) is 37.5. The number of hydrogen-bond acceptors (Lipinski definition) is 11. The Bertz CT molecular complexity index is 2450. The second kappa shape index (κ2) is 16.1. The minimum absolute atomic E-state index is 0.171. The number of anilines is 3. The number of imide groups is 1. The molecular formula is C45H50N10O3. The van der Waals surface area contributed by atoms with Crippen molar-refractivity contribution in [3.8, 4) is 17.0 Å². The van der Waals surface area contributed by atoms with Crippen LogP contribution in [0.3, 0.4) is 0 Å². The van der Waals surface area contributed by atoms with E-state index in [1.165, 1.54) is 16.8 Å². The van der Waals surface area contributed by atoms with Crippen LogP contribution in [-0.4, -0.2) is 99.3 Å². The van der Waals surface area contributed by atoms with Crippen molar-refractivity contribution in [1.82, 2.24) is 34.9 Å². The lowest BCUT2D eigenvalue weighted by atomic mass is 9.95. The van der Waals surface area contributed by atoms with Crippen LogP contribution in [0.2, 0.25) is 0 Å². The molecular weight excluding hydrogens is 729 g/mol. The lowest BCUT2D eigenvalue weighted by Gasteiger charge is -2.37. The van der Waals surface area contributed by atoms with E-state index in [0.29, 0.717) is 35.8 Å². The number of carbonyl (C=O) groups is 2. The molecule has 0 aliphatic carbocycles. The van der Waals surface area contributed by atoms with E-state index in [0.717, 1.165) is 99.4 Å². The molecule has 0 saturated carbocycles. The molecule has 1 atom stereocenters. The van der Waals surface area contributed by atoms with E-state index >= 15 is 0 Å². The SMILES string of the molecule is CN(Cc1ccc(N2CCN(c3cc(-c4ccccc4O)nnc3N)CC2)cc1)CC1CCN(Cc2cccc3c2c2cccnc2n3C2CCC(=O)NC2=O)CC1. The largest absolute Gasteiger partial charge is 0.507 e. The van der Waals surface area contributed by atoms with Crippen molar-refractivity contribution < 1.29 is 14.7 Å². The molecule has 13 heteroatoms. The van der Waals surface area contributed by atoms with Gasteiger partial charge in [-0.05, 0) is 105 Å². The molecule has 0 radical (unpaired) electrons. The van der Waals surface area contributed by atoms with Crippen molar-refractivity contribution in [2.24, 2.45) is 5.92 Å². The van der Waals surface area contributed by atoms with Crippen molar-refractivity contribution >= 4 is 50.9 Å². The number of nitrogens with zero attached hydrogens (tertiary/aromatic N) is 8. The summed E-state index contributed by atoms with van der Waals surface area (Å²) in [5.74, 6) is 0.745. The Kier molecular flexibility index (Phi) is 10.4. The Morgan fingerprint density at radius 2 is 1.64 bits per heavy atom. The number of carbonyl (C=O) groups excluding carboxylic acids is 2. The van der Waals surface area contributed by atoms with Gasteiger partial charge in [-0.3, -0.25) is 19.8 Å². The molecule has 3 aliphatic rings. The van der Waals surface area contributed by atoms with E-state index in [1.54, 1.807) is 18.3 Å². The number of fused-ring (bicyclic) bond motifs is 3. The molecule has 3 aromatic carbocycles. The average molecular weight is 779 g/mol. The zero-order valence-electron chi connectivity index (χ0n) is 32.9. The lowest BCUT2D eigenvalue weighted by molar-refractivity contribution is -0.135. The minimum atomic E-state index is -0.458. The van der Waals surface area contributed by atoms with Gasteiger partial charge < -0.3 is 30.1 Å². The van der Waals surface area contributed by atoms with Gasteiger partial charge in [-0.2, -0.15) is 0 Å². The third-order valence-corrected chi connectivity index (χ3v) is 12.2. The van der Waals surface area contributed by atoms with E-state index in [2.05, 4.69) is 90.7 Å². The third kappa shape index (κ3) is 7.54. The highest BCUT2D eigenvalue weighted by Gasteiger charge is 2.32. The van der Waals surface area contributed by atoms with Gasteiger partial charge in [0.15, 0.2) is 5.82 Å². The Morgan fingerprint density at radius 3 is 2.41 bits per heavy atom. The lowest BCUT2D eigenvalue weighted by Crippen LogP contribution is -2.46. The fraction of sp³-hybridized carbons (Fsp3) is 0.356. The summed E-state index contributed by atoms with van der Waals surface area (Å²) < 4.78 is 2.04. The normalized spacial score (nSPS) is 18.4. The molecule has 4 N–H and O–H groups in total. The van der Waals surface area contributed by atoms with Crippen LogP contribution in [0.4, 0.5) is 17.2 Å². The molecule has 3 aliphatic heterocycles. The number of aromatic nitrogens is 4. The van der Waals surface area contributed by atoms with Gasteiger partial charge in [0.25, 0.3) is 0 Å². The van der Waals surface area contributed by atoms with Crippen LogP contribution in [-0.2, 0) is 22.7 Å². The van der Waals surface area contributed by atoms with Crippen LogP contribution in [0, 0.1) is 5.92 Å². The van der Waals surface area contributed by atoms with E-state index in [1.807, 2.05) is 28.8 Å². The number of rotatable bonds is 10. The number of piperazine rings is 1. The zero-order chi connectivity index (χ0) is 39.8. The van der Waals surface area contributed by atoms with Gasteiger partial charge in [0.05, 0.1) is 16.9 Å². The highest BCUT2D eigenvalue weighted by Crippen LogP contribution is 2.37. The van der Waals surface area contributed by atoms with Crippen molar-refractivity contribution in [3.63, 3.8) is 0 Å². The van der Waals surface area contributed by atoms with Crippen LogP contribution in [0.25, 0.3) is 33.2 Å². The molecule has 3 fully saturated rings. The first-order valence-electron chi connectivity index (χ1n) is 20.4. The summed E-state index contributed by atoms with van der Waals surface area (Å²) in [6.45, 7) is 8.26. The number of nitrogens with two attached hydrogens (primary N) is 1. The summed E-state index contributed by atoms with van der Waals surface area (Å²) in [6, 6.07) is 28.1. The Hall–Kier alpha value is -6.05. The van der Waals surface area contributed by atoms with E-state index in [9.17, 15) is 14.7 Å². The number of phenolic OH excluding ortho intramolecular Hbond substituents is 1. The quantitative estimate of drug-likeness (QED) is 0.150. The number of aromatic hydroxyl groups is 1. The minimum Gasteiger partial charge on any atom is -0.507 e. The number of likely N-dealkylation sites (tertiary alicyclic amines) is 1. The van der Waals surface area contributed by atoms with Gasteiger partial charge in [0, 0.05) is 80.5 Å². The number of pyridine rings is 1. The number of hydrogen-bond donors (Lipinski definition) is 3. The third-order valence-electron chi connectivity index (χ3n) is 12.2. The Labute approximate surface area is 338 Å². The summed E-state index contributed by atoms with van der Waals surface area (Å²) in [6.07, 6.45) is 4.89. The molecule has 1 unspecified atom stereocenters. The molecule has 3 aromatic heterocycles. The maximum Gasteiger partial charge on any atom is 0.249 e. The predicted octanol–water partition coefficient (Wildman–Crippen LogP) is 5.58. The standard InChI is InChI=1S/C45H50N10O3/c1-51(27-30-11-13-33(14-12-30)53-22-24-54(25-23-53)39-26-36(49-50-43(39)46)34-7-2-3-10-40(34)56)28-31-17-20-52(21-18-31)29-32-6-4-9-37-42(32)35-8-5-19-47-44(35)55(37)38-15-16-41(57)48-45(38)58/h2-14,19,26,31,38,56H,15-18,20-25,27-29H2,1H3,(H2,46,50)(H,48,57,58). The van der Waals surface area contributed by atoms with Gasteiger partial charge in [0.1, 0.15) is 17.4 Å². The summed E-state index contributed by atoms with van der Waals surface area (Å²) in [5, 5.41) is 23.5. The highest BCUT2D eigenvalue weighted by molar-refractivity contribution is 6.10. The molecule has 58 heavy (non-hydrogen) atoms. The van der Waals surface area contributed by atoms with Crippen LogP contribution in [0.1, 0.15) is 42.9 Å². The summed E-state index contributed by atoms with van der Waals surface area (Å²) in [5.41, 5.74) is 13.9. The van der Waals surface area contributed by atoms with E-state index in [4.69, 9.17) is 10.7 Å². The Balaban J connectivity index is 0.772. The number of para-hydroxylation sites is 1. The summed E-state index contributed by atoms with van der Waals surface area (Å²) in [7, 11) is 2.23. The smallest absolute Gasteiger partial charge is 0.249 e. The number of phenols is 1. The molecule has 9 rings (SSSR count). The summed E-state index contributed by atoms with van der Waals surface area (Å²) >= 11 is 0. The topological polar surface area (TPSA) is 149 Å². The second-order valence-corrected chi connectivity index (χ2v) is 16.1. The second-order valence-electron chi connectivity index (χ2n) is 16.1. The molecule has 298 valence electrons. The fourth-order valence-electron chi connectivity index (χ4n) is 9.24. The van der Waals surface area contributed by atoms with Crippen LogP contribution in [0.5, 0.6) is 5.75 Å². The monoisotopic (exact) mass is 778 g/mol. The van der Waals surface area contributed by atoms with Crippen molar-refractivity contribution in [3.05, 3.63) is 102 Å². The van der Waals surface area contributed by atoms with E-state index < -0.39 is 6.04 Å². The van der Waals surface area contributed by atoms with Gasteiger partial charge in [0.2, 0.25) is 11.8 Å². The highest BCUT2D eigenvalue weighted by atomic mass is 16.3. The molecule has 2 amide bonds. The van der Waals surface area contributed by atoms with E-state index in [-0.39, 0.29) is 17.6 Å². The first-order valence-corrected chi connectivity index (χ1v) is 20.4. The number of amides is 2. The number of benzene rings is 3. The fourth-order valence-corrected chi connectivity index (χ4v) is 9.24. The van der Waals surface area contributed by atoms with Crippen LogP contribution in [0.15, 0.2) is 91.1 Å². The first-order chi connectivity index (χ1) is 28.3. The van der Waals surface area contributed by atoms with Crippen LogP contribution < -0.4 is 20.9 Å². The molecule has 0 bridgehead atoms. The van der Waals surface area contributed by atoms with Gasteiger partial charge in [-0.15, -0.1) is 10.2 Å². The number of nitrogen functional groups attached to an aromatic ring is 1. The maximum absolute atomic E-state index is 13.0. The summed E-state index contributed by atoms with van der Waals surface area (Å²) in [4.78, 5) is 39.3.